The molecule has 5 heteroatoms. The highest BCUT2D eigenvalue weighted by atomic mass is 16.6. The van der Waals surface area contributed by atoms with Gasteiger partial charge in [-0.3, -0.25) is 4.79 Å². The van der Waals surface area contributed by atoms with Crippen LogP contribution in [0, 0.1) is 0 Å². The van der Waals surface area contributed by atoms with E-state index in [-0.39, 0.29) is 5.91 Å². The molecule has 1 amide bonds. The van der Waals surface area contributed by atoms with Crippen molar-refractivity contribution >= 4 is 12.0 Å². The number of carbonyl (C=O) groups excluding carboxylic acids is 1. The van der Waals surface area contributed by atoms with Gasteiger partial charge in [0, 0.05) is 18.2 Å². The predicted octanol–water partition coefficient (Wildman–Crippen LogP) is 3.19. The summed E-state index contributed by atoms with van der Waals surface area (Å²) in [4.78, 5) is 12.1. The van der Waals surface area contributed by atoms with Crippen molar-refractivity contribution in [2.24, 2.45) is 0 Å². The molecule has 0 saturated carbocycles. The van der Waals surface area contributed by atoms with Crippen LogP contribution in [-0.2, 0) is 11.3 Å². The van der Waals surface area contributed by atoms with Crippen molar-refractivity contribution in [3.63, 3.8) is 0 Å². The van der Waals surface area contributed by atoms with E-state index in [1.165, 1.54) is 6.08 Å². The lowest BCUT2D eigenvalue weighted by Gasteiger charge is -2.18. The summed E-state index contributed by atoms with van der Waals surface area (Å²) in [5, 5.41) is 2.86. The van der Waals surface area contributed by atoms with Crippen molar-refractivity contribution in [2.45, 2.75) is 13.5 Å². The Morgan fingerprint density at radius 1 is 1.16 bits per heavy atom. The maximum absolute atomic E-state index is 12.1. The van der Waals surface area contributed by atoms with Crippen LogP contribution in [0.4, 0.5) is 0 Å². The number of rotatable bonds is 6. The number of ether oxygens (including phenoxy) is 3. The third-order valence-electron chi connectivity index (χ3n) is 3.71. The Bertz CT molecular complexity index is 770. The Morgan fingerprint density at radius 2 is 1.96 bits per heavy atom. The van der Waals surface area contributed by atoms with Crippen LogP contribution in [0.25, 0.3) is 6.08 Å². The number of nitrogens with one attached hydrogen (secondary N) is 1. The molecule has 0 radical (unpaired) electrons. The van der Waals surface area contributed by atoms with Gasteiger partial charge in [-0.1, -0.05) is 24.3 Å². The first-order valence-corrected chi connectivity index (χ1v) is 8.32. The third kappa shape index (κ3) is 4.53. The normalized spacial score (nSPS) is 12.8. The van der Waals surface area contributed by atoms with Gasteiger partial charge in [0.1, 0.15) is 19.0 Å². The summed E-state index contributed by atoms with van der Waals surface area (Å²) in [6.07, 6.45) is 3.26. The summed E-state index contributed by atoms with van der Waals surface area (Å²) in [5.74, 6) is 2.06. The molecule has 0 unspecified atom stereocenters. The highest BCUT2D eigenvalue weighted by molar-refractivity contribution is 5.92. The van der Waals surface area contributed by atoms with Crippen LogP contribution in [0.1, 0.15) is 18.1 Å². The minimum absolute atomic E-state index is 0.166. The van der Waals surface area contributed by atoms with E-state index >= 15 is 0 Å². The first-order valence-electron chi connectivity index (χ1n) is 8.32. The molecule has 0 fully saturated rings. The SMILES string of the molecule is CCOc1ccccc1C=CC(=O)NCc1ccc2c(c1)OCCO2. The number of amides is 1. The molecule has 0 atom stereocenters. The number of fused-ring (bicyclic) bond motifs is 1. The van der Waals surface area contributed by atoms with Gasteiger partial charge in [-0.2, -0.15) is 0 Å². The van der Waals surface area contributed by atoms with Crippen molar-refractivity contribution in [1.29, 1.82) is 0 Å². The number of hydrogen-bond acceptors (Lipinski definition) is 4. The van der Waals surface area contributed by atoms with Crippen molar-refractivity contribution in [3.8, 4) is 17.2 Å². The van der Waals surface area contributed by atoms with Gasteiger partial charge < -0.3 is 19.5 Å². The van der Waals surface area contributed by atoms with Gasteiger partial charge in [0.15, 0.2) is 11.5 Å². The molecule has 1 aliphatic heterocycles. The molecule has 0 aliphatic carbocycles. The lowest BCUT2D eigenvalue weighted by Crippen LogP contribution is -2.21. The molecule has 0 bridgehead atoms. The summed E-state index contributed by atoms with van der Waals surface area (Å²) in [5.41, 5.74) is 1.83. The maximum Gasteiger partial charge on any atom is 0.244 e. The largest absolute Gasteiger partial charge is 0.493 e. The van der Waals surface area contributed by atoms with Crippen LogP contribution in [0.2, 0.25) is 0 Å². The number of para-hydroxylation sites is 1. The topological polar surface area (TPSA) is 56.8 Å². The summed E-state index contributed by atoms with van der Waals surface area (Å²) < 4.78 is 16.6. The quantitative estimate of drug-likeness (QED) is 0.821. The molecule has 2 aromatic carbocycles. The molecule has 130 valence electrons. The zero-order valence-corrected chi connectivity index (χ0v) is 14.2. The van der Waals surface area contributed by atoms with Gasteiger partial charge in [-0.25, -0.2) is 0 Å². The molecular formula is C20H21NO4. The molecule has 25 heavy (non-hydrogen) atoms. The first-order chi connectivity index (χ1) is 12.3. The number of carbonyl (C=O) groups is 1. The molecule has 5 nitrogen and oxygen atoms in total. The number of hydrogen-bond donors (Lipinski definition) is 1. The van der Waals surface area contributed by atoms with E-state index in [1.807, 2.05) is 49.4 Å². The van der Waals surface area contributed by atoms with E-state index in [0.717, 1.165) is 28.4 Å². The number of benzene rings is 2. The third-order valence-corrected chi connectivity index (χ3v) is 3.71. The lowest BCUT2D eigenvalue weighted by atomic mass is 10.1. The molecule has 0 aromatic heterocycles. The van der Waals surface area contributed by atoms with E-state index in [1.54, 1.807) is 6.08 Å². The van der Waals surface area contributed by atoms with Crippen molar-refractivity contribution < 1.29 is 19.0 Å². The average molecular weight is 339 g/mol. The fourth-order valence-electron chi connectivity index (χ4n) is 2.52. The minimum Gasteiger partial charge on any atom is -0.493 e. The second kappa shape index (κ2) is 8.24. The van der Waals surface area contributed by atoms with Crippen LogP contribution in [-0.4, -0.2) is 25.7 Å². The Balaban J connectivity index is 1.58. The summed E-state index contributed by atoms with van der Waals surface area (Å²) in [7, 11) is 0. The molecule has 1 N–H and O–H groups in total. The molecule has 0 spiro atoms. The molecule has 3 rings (SSSR count). The second-order valence-electron chi connectivity index (χ2n) is 5.50. The van der Waals surface area contributed by atoms with E-state index in [0.29, 0.717) is 26.4 Å². The van der Waals surface area contributed by atoms with Crippen LogP contribution in [0.5, 0.6) is 17.2 Å². The van der Waals surface area contributed by atoms with Gasteiger partial charge in [0.2, 0.25) is 5.91 Å². The van der Waals surface area contributed by atoms with Gasteiger partial charge in [-0.05, 0) is 36.8 Å². The maximum atomic E-state index is 12.1. The van der Waals surface area contributed by atoms with E-state index in [9.17, 15) is 4.79 Å². The van der Waals surface area contributed by atoms with E-state index < -0.39 is 0 Å². The Labute approximate surface area is 147 Å². The lowest BCUT2D eigenvalue weighted by molar-refractivity contribution is -0.116. The van der Waals surface area contributed by atoms with Crippen LogP contribution in [0.15, 0.2) is 48.5 Å². The van der Waals surface area contributed by atoms with Crippen molar-refractivity contribution in [2.75, 3.05) is 19.8 Å². The van der Waals surface area contributed by atoms with E-state index in [2.05, 4.69) is 5.32 Å². The summed E-state index contributed by atoms with van der Waals surface area (Å²) in [6, 6.07) is 13.3. The molecule has 1 aliphatic rings. The molecule has 2 aromatic rings. The fraction of sp³-hybridized carbons (Fsp3) is 0.250. The standard InChI is InChI=1S/C20H21NO4/c1-2-23-17-6-4-3-5-16(17)8-10-20(22)21-14-15-7-9-18-19(13-15)25-12-11-24-18/h3-10,13H,2,11-12,14H2,1H3,(H,21,22). The first kappa shape index (κ1) is 16.9. The van der Waals surface area contributed by atoms with Gasteiger partial charge in [-0.15, -0.1) is 0 Å². The summed E-state index contributed by atoms with van der Waals surface area (Å²) in [6.45, 7) is 4.05. The Kier molecular flexibility index (Phi) is 5.57. The zero-order chi connectivity index (χ0) is 17.5. The minimum atomic E-state index is -0.166. The zero-order valence-electron chi connectivity index (χ0n) is 14.2. The molecule has 0 saturated heterocycles. The highest BCUT2D eigenvalue weighted by Crippen LogP contribution is 2.30. The second-order valence-corrected chi connectivity index (χ2v) is 5.50. The van der Waals surface area contributed by atoms with Gasteiger partial charge in [0.05, 0.1) is 6.61 Å². The van der Waals surface area contributed by atoms with Gasteiger partial charge in [0.25, 0.3) is 0 Å². The Hall–Kier alpha value is -2.95. The van der Waals surface area contributed by atoms with Crippen molar-refractivity contribution in [1.82, 2.24) is 5.32 Å². The fourth-order valence-corrected chi connectivity index (χ4v) is 2.52. The monoisotopic (exact) mass is 339 g/mol. The van der Waals surface area contributed by atoms with Crippen LogP contribution >= 0.6 is 0 Å². The molecule has 1 heterocycles. The van der Waals surface area contributed by atoms with Crippen LogP contribution < -0.4 is 19.5 Å². The van der Waals surface area contributed by atoms with Crippen molar-refractivity contribution in [3.05, 3.63) is 59.7 Å². The van der Waals surface area contributed by atoms with E-state index in [4.69, 9.17) is 14.2 Å². The van der Waals surface area contributed by atoms with Gasteiger partial charge >= 0.3 is 0 Å². The molecular weight excluding hydrogens is 318 g/mol. The van der Waals surface area contributed by atoms with Crippen LogP contribution in [0.3, 0.4) is 0 Å². The smallest absolute Gasteiger partial charge is 0.244 e. The highest BCUT2D eigenvalue weighted by Gasteiger charge is 2.11. The Morgan fingerprint density at radius 3 is 2.80 bits per heavy atom. The summed E-state index contributed by atoms with van der Waals surface area (Å²) >= 11 is 0. The predicted molar refractivity (Wildman–Crippen MR) is 95.9 cm³/mol. The average Bonchev–Trinajstić information content (AvgIpc) is 2.66.